The molecule has 1 aromatic carbocycles. The summed E-state index contributed by atoms with van der Waals surface area (Å²) in [5.41, 5.74) is 1.76. The van der Waals surface area contributed by atoms with Crippen LogP contribution in [0.2, 0.25) is 5.15 Å². The van der Waals surface area contributed by atoms with Crippen molar-refractivity contribution >= 4 is 34.7 Å². The van der Waals surface area contributed by atoms with Crippen molar-refractivity contribution in [3.05, 3.63) is 47.4 Å². The second-order valence-electron chi connectivity index (χ2n) is 3.49. The highest BCUT2D eigenvalue weighted by Crippen LogP contribution is 2.28. The number of benzene rings is 1. The summed E-state index contributed by atoms with van der Waals surface area (Å²) in [4.78, 5) is 10.1. The van der Waals surface area contributed by atoms with Gasteiger partial charge in [-0.1, -0.05) is 29.8 Å². The zero-order chi connectivity index (χ0) is 12.3. The fraction of sp³-hybridized carbons (Fsp3) is 0.167. The Morgan fingerprint density at radius 1 is 1.18 bits per heavy atom. The summed E-state index contributed by atoms with van der Waals surface area (Å²) >= 11 is 11.9. The van der Waals surface area contributed by atoms with Gasteiger partial charge in [0, 0.05) is 18.3 Å². The minimum atomic E-state index is 0.284. The molecular formula is C12H11Cl2N3. The highest BCUT2D eigenvalue weighted by molar-refractivity contribution is 6.31. The van der Waals surface area contributed by atoms with Crippen molar-refractivity contribution in [1.29, 1.82) is 0 Å². The van der Waals surface area contributed by atoms with Gasteiger partial charge in [0.25, 0.3) is 0 Å². The van der Waals surface area contributed by atoms with Gasteiger partial charge in [-0.05, 0) is 12.1 Å². The zero-order valence-electron chi connectivity index (χ0n) is 9.27. The summed E-state index contributed by atoms with van der Waals surface area (Å²) in [6, 6.07) is 9.89. The van der Waals surface area contributed by atoms with Crippen LogP contribution in [0.5, 0.6) is 0 Å². The fourth-order valence-electron chi connectivity index (χ4n) is 1.56. The lowest BCUT2D eigenvalue weighted by Crippen LogP contribution is -2.13. The predicted octanol–water partition coefficient (Wildman–Crippen LogP) is 3.64. The predicted molar refractivity (Wildman–Crippen MR) is 71.1 cm³/mol. The molecule has 0 aliphatic heterocycles. The molecule has 0 saturated heterocycles. The molecule has 0 atom stereocenters. The van der Waals surface area contributed by atoms with Gasteiger partial charge in [0.05, 0.1) is 5.88 Å². The second-order valence-corrected chi connectivity index (χ2v) is 4.12. The minimum Gasteiger partial charge on any atom is -0.329 e. The van der Waals surface area contributed by atoms with Crippen molar-refractivity contribution in [2.24, 2.45) is 0 Å². The maximum atomic E-state index is 6.00. The highest BCUT2D eigenvalue weighted by Gasteiger charge is 2.13. The molecule has 3 nitrogen and oxygen atoms in total. The van der Waals surface area contributed by atoms with E-state index in [9.17, 15) is 0 Å². The van der Waals surface area contributed by atoms with E-state index < -0.39 is 0 Å². The molecule has 2 rings (SSSR count). The third-order valence-electron chi connectivity index (χ3n) is 2.46. The molecule has 0 bridgehead atoms. The van der Waals surface area contributed by atoms with Crippen LogP contribution in [0.1, 0.15) is 5.56 Å². The van der Waals surface area contributed by atoms with E-state index in [1.165, 1.54) is 6.33 Å². The monoisotopic (exact) mass is 267 g/mol. The number of alkyl halides is 1. The van der Waals surface area contributed by atoms with Crippen molar-refractivity contribution in [2.75, 3.05) is 11.9 Å². The van der Waals surface area contributed by atoms with E-state index in [0.717, 1.165) is 17.1 Å². The lowest BCUT2D eigenvalue weighted by atomic mass is 10.2. The fourth-order valence-corrected chi connectivity index (χ4v) is 2.07. The first-order valence-electron chi connectivity index (χ1n) is 5.08. The first-order chi connectivity index (χ1) is 8.24. The van der Waals surface area contributed by atoms with E-state index in [1.54, 1.807) is 0 Å². The Morgan fingerprint density at radius 2 is 1.88 bits per heavy atom. The van der Waals surface area contributed by atoms with Gasteiger partial charge in [-0.3, -0.25) is 0 Å². The standard InChI is InChI=1S/C12H11Cl2N3/c1-17(9-5-3-2-4-6-9)12-10(7-13)11(14)15-8-16-12/h2-6,8H,7H2,1H3. The maximum Gasteiger partial charge on any atom is 0.142 e. The third kappa shape index (κ3) is 2.51. The van der Waals surface area contributed by atoms with E-state index in [1.807, 2.05) is 42.3 Å². The molecule has 1 heterocycles. The molecule has 0 amide bonds. The van der Waals surface area contributed by atoms with E-state index in [4.69, 9.17) is 23.2 Å². The lowest BCUT2D eigenvalue weighted by Gasteiger charge is -2.20. The average Bonchev–Trinajstić information content (AvgIpc) is 2.38. The molecule has 1 aromatic heterocycles. The Bertz CT molecular complexity index is 502. The lowest BCUT2D eigenvalue weighted by molar-refractivity contribution is 1.04. The molecule has 17 heavy (non-hydrogen) atoms. The summed E-state index contributed by atoms with van der Waals surface area (Å²) in [6.45, 7) is 0. The molecule has 0 aliphatic carbocycles. The van der Waals surface area contributed by atoms with E-state index in [-0.39, 0.29) is 5.88 Å². The van der Waals surface area contributed by atoms with Gasteiger partial charge >= 0.3 is 0 Å². The van der Waals surface area contributed by atoms with Crippen molar-refractivity contribution < 1.29 is 0 Å². The van der Waals surface area contributed by atoms with Gasteiger partial charge in [-0.25, -0.2) is 9.97 Å². The van der Waals surface area contributed by atoms with Crippen LogP contribution < -0.4 is 4.90 Å². The molecule has 0 N–H and O–H groups in total. The largest absolute Gasteiger partial charge is 0.329 e. The van der Waals surface area contributed by atoms with Gasteiger partial charge in [0.15, 0.2) is 0 Å². The second kappa shape index (κ2) is 5.34. The molecule has 0 fully saturated rings. The number of hydrogen-bond donors (Lipinski definition) is 0. The number of aromatic nitrogens is 2. The van der Waals surface area contributed by atoms with Crippen molar-refractivity contribution in [1.82, 2.24) is 9.97 Å². The number of para-hydroxylation sites is 1. The Labute approximate surface area is 110 Å². The van der Waals surface area contributed by atoms with Crippen LogP contribution in [0.3, 0.4) is 0 Å². The van der Waals surface area contributed by atoms with Crippen LogP contribution in [0.25, 0.3) is 0 Å². The summed E-state index contributed by atoms with van der Waals surface area (Å²) in [5, 5.41) is 0.396. The van der Waals surface area contributed by atoms with Gasteiger partial charge in [-0.2, -0.15) is 0 Å². The van der Waals surface area contributed by atoms with Crippen LogP contribution in [-0.4, -0.2) is 17.0 Å². The molecule has 0 spiro atoms. The van der Waals surface area contributed by atoms with Crippen LogP contribution in [0.4, 0.5) is 11.5 Å². The molecule has 0 saturated carbocycles. The Hall–Kier alpha value is -1.32. The Balaban J connectivity index is 2.44. The van der Waals surface area contributed by atoms with Crippen molar-refractivity contribution in [2.45, 2.75) is 5.88 Å². The van der Waals surface area contributed by atoms with Crippen molar-refractivity contribution in [3.8, 4) is 0 Å². The summed E-state index contributed by atoms with van der Waals surface area (Å²) in [6.07, 6.45) is 1.44. The van der Waals surface area contributed by atoms with Crippen LogP contribution >= 0.6 is 23.2 Å². The van der Waals surface area contributed by atoms with E-state index >= 15 is 0 Å². The van der Waals surface area contributed by atoms with Gasteiger partial charge < -0.3 is 4.90 Å². The molecule has 0 aliphatic rings. The average molecular weight is 268 g/mol. The van der Waals surface area contributed by atoms with Gasteiger partial charge in [0.1, 0.15) is 17.3 Å². The molecule has 5 heteroatoms. The maximum absolute atomic E-state index is 6.00. The van der Waals surface area contributed by atoms with Crippen molar-refractivity contribution in [3.63, 3.8) is 0 Å². The van der Waals surface area contributed by atoms with Crippen LogP contribution in [0, 0.1) is 0 Å². The third-order valence-corrected chi connectivity index (χ3v) is 3.06. The first kappa shape index (κ1) is 12.1. The van der Waals surface area contributed by atoms with E-state index in [0.29, 0.717) is 5.15 Å². The first-order valence-corrected chi connectivity index (χ1v) is 5.99. The van der Waals surface area contributed by atoms with E-state index in [2.05, 4.69) is 9.97 Å². The molecule has 0 radical (unpaired) electrons. The molecule has 0 unspecified atom stereocenters. The van der Waals surface area contributed by atoms with Crippen LogP contribution in [0.15, 0.2) is 36.7 Å². The Morgan fingerprint density at radius 3 is 2.53 bits per heavy atom. The topological polar surface area (TPSA) is 29.0 Å². The van der Waals surface area contributed by atoms with Gasteiger partial charge in [0.2, 0.25) is 0 Å². The number of rotatable bonds is 3. The molecule has 2 aromatic rings. The number of anilines is 2. The number of nitrogens with zero attached hydrogens (tertiary/aromatic N) is 3. The Kier molecular flexibility index (Phi) is 3.82. The zero-order valence-corrected chi connectivity index (χ0v) is 10.8. The molecular weight excluding hydrogens is 257 g/mol. The normalized spacial score (nSPS) is 10.3. The SMILES string of the molecule is CN(c1ccccc1)c1ncnc(Cl)c1CCl. The number of halogens is 2. The summed E-state index contributed by atoms with van der Waals surface area (Å²) in [7, 11) is 1.92. The highest BCUT2D eigenvalue weighted by atomic mass is 35.5. The number of hydrogen-bond acceptors (Lipinski definition) is 3. The minimum absolute atomic E-state index is 0.284. The quantitative estimate of drug-likeness (QED) is 0.628. The van der Waals surface area contributed by atoms with Gasteiger partial charge in [-0.15, -0.1) is 11.6 Å². The molecule has 88 valence electrons. The van der Waals surface area contributed by atoms with Crippen LogP contribution in [-0.2, 0) is 5.88 Å². The summed E-state index contributed by atoms with van der Waals surface area (Å²) < 4.78 is 0. The smallest absolute Gasteiger partial charge is 0.142 e. The summed E-state index contributed by atoms with van der Waals surface area (Å²) in [5.74, 6) is 1.01.